The Hall–Kier alpha value is -1.55. The van der Waals surface area contributed by atoms with Crippen molar-refractivity contribution in [3.8, 4) is 0 Å². The van der Waals surface area contributed by atoms with Gasteiger partial charge in [0.25, 0.3) is 0 Å². The SMILES string of the molecule is CN(CC(C)(C)CCN)c1ccc2c(c1)CC(=O)N2. The zero-order chi connectivity index (χ0) is 14.0. The van der Waals surface area contributed by atoms with Crippen molar-refractivity contribution in [1.82, 2.24) is 0 Å². The number of carbonyl (C=O) groups is 1. The second-order valence-electron chi connectivity index (χ2n) is 6.13. The monoisotopic (exact) mass is 261 g/mol. The molecule has 0 aliphatic carbocycles. The molecule has 1 heterocycles. The Morgan fingerprint density at radius 1 is 1.42 bits per heavy atom. The maximum Gasteiger partial charge on any atom is 0.228 e. The van der Waals surface area contributed by atoms with Crippen molar-refractivity contribution in [2.45, 2.75) is 26.7 Å². The second-order valence-corrected chi connectivity index (χ2v) is 6.13. The third-order valence-electron chi connectivity index (χ3n) is 3.64. The number of rotatable bonds is 5. The fraction of sp³-hybridized carbons (Fsp3) is 0.533. The van der Waals surface area contributed by atoms with Gasteiger partial charge in [-0.3, -0.25) is 4.79 Å². The summed E-state index contributed by atoms with van der Waals surface area (Å²) in [4.78, 5) is 13.6. The van der Waals surface area contributed by atoms with Crippen LogP contribution in [0.4, 0.5) is 11.4 Å². The predicted octanol–water partition coefficient (Wildman–Crippen LogP) is 1.99. The van der Waals surface area contributed by atoms with Crippen LogP contribution in [-0.2, 0) is 11.2 Å². The molecule has 1 aliphatic rings. The zero-order valence-corrected chi connectivity index (χ0v) is 12.0. The van der Waals surface area contributed by atoms with E-state index in [0.717, 1.165) is 29.9 Å². The average Bonchev–Trinajstić information content (AvgIpc) is 2.66. The maximum atomic E-state index is 11.4. The molecule has 1 aromatic rings. The van der Waals surface area contributed by atoms with Gasteiger partial charge in [-0.2, -0.15) is 0 Å². The molecule has 1 aliphatic heterocycles. The Morgan fingerprint density at radius 3 is 2.84 bits per heavy atom. The van der Waals surface area contributed by atoms with Crippen molar-refractivity contribution >= 4 is 17.3 Å². The molecular weight excluding hydrogens is 238 g/mol. The van der Waals surface area contributed by atoms with Crippen molar-refractivity contribution in [3.05, 3.63) is 23.8 Å². The van der Waals surface area contributed by atoms with Crippen LogP contribution in [0.25, 0.3) is 0 Å². The van der Waals surface area contributed by atoms with E-state index in [0.29, 0.717) is 13.0 Å². The van der Waals surface area contributed by atoms with Crippen LogP contribution in [0.3, 0.4) is 0 Å². The van der Waals surface area contributed by atoms with Gasteiger partial charge in [-0.25, -0.2) is 0 Å². The quantitative estimate of drug-likeness (QED) is 0.852. The fourth-order valence-corrected chi connectivity index (χ4v) is 2.66. The highest BCUT2D eigenvalue weighted by molar-refractivity contribution is 5.99. The second kappa shape index (κ2) is 5.21. The van der Waals surface area contributed by atoms with Gasteiger partial charge in [0.05, 0.1) is 6.42 Å². The lowest BCUT2D eigenvalue weighted by Gasteiger charge is -2.31. The van der Waals surface area contributed by atoms with Crippen molar-refractivity contribution in [2.24, 2.45) is 11.1 Å². The van der Waals surface area contributed by atoms with Crippen LogP contribution in [0, 0.1) is 5.41 Å². The first kappa shape index (κ1) is 13.9. The van der Waals surface area contributed by atoms with Gasteiger partial charge in [-0.15, -0.1) is 0 Å². The number of amides is 1. The van der Waals surface area contributed by atoms with Crippen LogP contribution in [0.1, 0.15) is 25.8 Å². The molecule has 0 saturated heterocycles. The number of carbonyl (C=O) groups excluding carboxylic acids is 1. The van der Waals surface area contributed by atoms with Crippen LogP contribution in [-0.4, -0.2) is 26.0 Å². The summed E-state index contributed by atoms with van der Waals surface area (Å²) in [5, 5.41) is 2.86. The van der Waals surface area contributed by atoms with Gasteiger partial charge in [-0.1, -0.05) is 13.8 Å². The van der Waals surface area contributed by atoms with Crippen molar-refractivity contribution in [2.75, 3.05) is 30.4 Å². The minimum Gasteiger partial charge on any atom is -0.374 e. The highest BCUT2D eigenvalue weighted by atomic mass is 16.1. The molecule has 0 radical (unpaired) electrons. The molecule has 0 saturated carbocycles. The van der Waals surface area contributed by atoms with E-state index in [-0.39, 0.29) is 11.3 Å². The van der Waals surface area contributed by atoms with Crippen molar-refractivity contribution in [1.29, 1.82) is 0 Å². The topological polar surface area (TPSA) is 58.4 Å². The highest BCUT2D eigenvalue weighted by Crippen LogP contribution is 2.29. The van der Waals surface area contributed by atoms with E-state index in [1.165, 1.54) is 0 Å². The fourth-order valence-electron chi connectivity index (χ4n) is 2.66. The minimum absolute atomic E-state index is 0.0817. The van der Waals surface area contributed by atoms with Gasteiger partial charge in [0.1, 0.15) is 0 Å². The molecule has 4 nitrogen and oxygen atoms in total. The number of hydrogen-bond acceptors (Lipinski definition) is 3. The van der Waals surface area contributed by atoms with Crippen LogP contribution in [0.2, 0.25) is 0 Å². The van der Waals surface area contributed by atoms with E-state index in [9.17, 15) is 4.79 Å². The van der Waals surface area contributed by atoms with Crippen LogP contribution < -0.4 is 16.0 Å². The summed E-state index contributed by atoms with van der Waals surface area (Å²) in [5.74, 6) is 0.0817. The van der Waals surface area contributed by atoms with Gasteiger partial charge in [0, 0.05) is 25.0 Å². The first-order valence-corrected chi connectivity index (χ1v) is 6.75. The lowest BCUT2D eigenvalue weighted by Crippen LogP contribution is -2.33. The largest absolute Gasteiger partial charge is 0.374 e. The number of benzene rings is 1. The number of hydrogen-bond donors (Lipinski definition) is 2. The van der Waals surface area contributed by atoms with E-state index in [1.54, 1.807) is 0 Å². The summed E-state index contributed by atoms with van der Waals surface area (Å²) < 4.78 is 0. The standard InChI is InChI=1S/C15H23N3O/c1-15(2,6-7-16)10-18(3)12-4-5-13-11(8-12)9-14(19)17-13/h4-5,8H,6-7,9-10,16H2,1-3H3,(H,17,19). The van der Waals surface area contributed by atoms with Gasteiger partial charge >= 0.3 is 0 Å². The molecule has 19 heavy (non-hydrogen) atoms. The molecule has 0 atom stereocenters. The Kier molecular flexibility index (Phi) is 3.80. The molecule has 0 fully saturated rings. The summed E-state index contributed by atoms with van der Waals surface area (Å²) in [6.07, 6.45) is 1.49. The molecule has 0 spiro atoms. The molecule has 1 aromatic carbocycles. The molecule has 3 N–H and O–H groups in total. The Morgan fingerprint density at radius 2 is 2.16 bits per heavy atom. The van der Waals surface area contributed by atoms with Crippen LogP contribution >= 0.6 is 0 Å². The Bertz CT molecular complexity index is 482. The molecule has 0 unspecified atom stereocenters. The number of nitrogens with two attached hydrogens (primary N) is 1. The molecule has 2 rings (SSSR count). The average molecular weight is 261 g/mol. The first-order chi connectivity index (χ1) is 8.91. The van der Waals surface area contributed by atoms with E-state index in [1.807, 2.05) is 6.07 Å². The van der Waals surface area contributed by atoms with E-state index in [2.05, 4.69) is 43.2 Å². The van der Waals surface area contributed by atoms with E-state index >= 15 is 0 Å². The van der Waals surface area contributed by atoms with Crippen LogP contribution in [0.15, 0.2) is 18.2 Å². The van der Waals surface area contributed by atoms with Gasteiger partial charge in [-0.05, 0) is 42.1 Å². The molecule has 104 valence electrons. The van der Waals surface area contributed by atoms with Crippen molar-refractivity contribution < 1.29 is 4.79 Å². The Balaban J connectivity index is 2.10. The number of nitrogens with one attached hydrogen (secondary N) is 1. The zero-order valence-electron chi connectivity index (χ0n) is 12.0. The normalized spacial score (nSPS) is 14.2. The Labute approximate surface area is 115 Å². The lowest BCUT2D eigenvalue weighted by molar-refractivity contribution is -0.115. The smallest absolute Gasteiger partial charge is 0.228 e. The van der Waals surface area contributed by atoms with Gasteiger partial charge in [0.15, 0.2) is 0 Å². The molecule has 0 aromatic heterocycles. The third kappa shape index (κ3) is 3.26. The number of fused-ring (bicyclic) bond motifs is 1. The van der Waals surface area contributed by atoms with Crippen LogP contribution in [0.5, 0.6) is 0 Å². The molecule has 0 bridgehead atoms. The lowest BCUT2D eigenvalue weighted by atomic mass is 9.88. The third-order valence-corrected chi connectivity index (χ3v) is 3.64. The van der Waals surface area contributed by atoms with Crippen molar-refractivity contribution in [3.63, 3.8) is 0 Å². The summed E-state index contributed by atoms with van der Waals surface area (Å²) in [5.41, 5.74) is 9.03. The molecule has 4 heteroatoms. The van der Waals surface area contributed by atoms with Gasteiger partial charge in [0.2, 0.25) is 5.91 Å². The van der Waals surface area contributed by atoms with E-state index in [4.69, 9.17) is 5.73 Å². The number of nitrogens with zero attached hydrogens (tertiary/aromatic N) is 1. The number of anilines is 2. The predicted molar refractivity (Wildman–Crippen MR) is 79.5 cm³/mol. The maximum absolute atomic E-state index is 11.4. The molecule has 1 amide bonds. The minimum atomic E-state index is 0.0817. The van der Waals surface area contributed by atoms with Gasteiger partial charge < -0.3 is 16.0 Å². The van der Waals surface area contributed by atoms with E-state index < -0.39 is 0 Å². The molecular formula is C15H23N3O. The summed E-state index contributed by atoms with van der Waals surface area (Å²) in [6.45, 7) is 6.12. The first-order valence-electron chi connectivity index (χ1n) is 6.75. The summed E-state index contributed by atoms with van der Waals surface area (Å²) in [6, 6.07) is 6.15. The summed E-state index contributed by atoms with van der Waals surface area (Å²) in [7, 11) is 2.09. The summed E-state index contributed by atoms with van der Waals surface area (Å²) >= 11 is 0. The highest BCUT2D eigenvalue weighted by Gasteiger charge is 2.22.